The van der Waals surface area contributed by atoms with Gasteiger partial charge in [-0.05, 0) is 43.3 Å². The van der Waals surface area contributed by atoms with Gasteiger partial charge in [0.05, 0.1) is 18.0 Å². The predicted octanol–water partition coefficient (Wildman–Crippen LogP) is 3.21. The molecule has 0 aliphatic carbocycles. The van der Waals surface area contributed by atoms with Gasteiger partial charge in [-0.3, -0.25) is 4.98 Å². The van der Waals surface area contributed by atoms with Gasteiger partial charge in [0, 0.05) is 24.0 Å². The fourth-order valence-electron chi connectivity index (χ4n) is 2.17. The molecule has 2 aromatic heterocycles. The zero-order valence-electron chi connectivity index (χ0n) is 13.6. The molecule has 1 aromatic carbocycles. The Labute approximate surface area is 144 Å². The molecular weight excluding hydrogens is 321 g/mol. The first kappa shape index (κ1) is 16.8. The largest absolute Gasteiger partial charge is 0.394 e. The first-order chi connectivity index (χ1) is 12.1. The van der Waals surface area contributed by atoms with Crippen LogP contribution in [0.1, 0.15) is 6.92 Å². The minimum absolute atomic E-state index is 0.0438. The molecule has 25 heavy (non-hydrogen) atoms. The van der Waals surface area contributed by atoms with E-state index < -0.39 is 0 Å². The molecule has 128 valence electrons. The number of nitrogens with one attached hydrogen (secondary N) is 2. The number of halogens is 1. The summed E-state index contributed by atoms with van der Waals surface area (Å²) in [6.07, 6.45) is 1.69. The molecule has 0 fully saturated rings. The standard InChI is InChI=1S/C18H18FN5O/c1-12(11-25)21-18-23-16(15-4-2-3-9-20-15)10-17(24-18)22-14-7-5-13(19)6-8-14/h2-10,12,25H,11H2,1H3,(H2,21,22,23,24)/t12-/m1/s1. The SMILES string of the molecule is C[C@H](CO)Nc1nc(Nc2ccc(F)cc2)cc(-c2ccccn2)n1. The van der Waals surface area contributed by atoms with E-state index in [9.17, 15) is 9.50 Å². The maximum atomic E-state index is 13.1. The van der Waals surface area contributed by atoms with Gasteiger partial charge in [0.1, 0.15) is 11.6 Å². The highest BCUT2D eigenvalue weighted by molar-refractivity contribution is 5.65. The molecule has 3 N–H and O–H groups in total. The highest BCUT2D eigenvalue weighted by Gasteiger charge is 2.10. The molecule has 7 heteroatoms. The number of aliphatic hydroxyl groups excluding tert-OH is 1. The smallest absolute Gasteiger partial charge is 0.225 e. The minimum Gasteiger partial charge on any atom is -0.394 e. The van der Waals surface area contributed by atoms with Crippen molar-refractivity contribution in [3.05, 3.63) is 60.5 Å². The van der Waals surface area contributed by atoms with Crippen molar-refractivity contribution in [2.75, 3.05) is 17.2 Å². The second-order valence-corrected chi connectivity index (χ2v) is 5.54. The Kier molecular flexibility index (Phi) is 5.15. The third-order valence-corrected chi connectivity index (χ3v) is 3.42. The van der Waals surface area contributed by atoms with Crippen molar-refractivity contribution in [1.29, 1.82) is 0 Å². The lowest BCUT2D eigenvalue weighted by molar-refractivity contribution is 0.281. The van der Waals surface area contributed by atoms with Gasteiger partial charge in [-0.2, -0.15) is 4.98 Å². The van der Waals surface area contributed by atoms with Gasteiger partial charge in [0.25, 0.3) is 0 Å². The Morgan fingerprint density at radius 2 is 1.88 bits per heavy atom. The Morgan fingerprint density at radius 3 is 2.56 bits per heavy atom. The van der Waals surface area contributed by atoms with E-state index in [1.807, 2.05) is 25.1 Å². The van der Waals surface area contributed by atoms with Gasteiger partial charge >= 0.3 is 0 Å². The zero-order chi connectivity index (χ0) is 17.6. The zero-order valence-corrected chi connectivity index (χ0v) is 13.6. The first-order valence-corrected chi connectivity index (χ1v) is 7.84. The summed E-state index contributed by atoms with van der Waals surface area (Å²) in [6, 6.07) is 13.1. The van der Waals surface area contributed by atoms with Crippen LogP contribution in [0.3, 0.4) is 0 Å². The molecule has 3 aromatic rings. The lowest BCUT2D eigenvalue weighted by Gasteiger charge is -2.14. The lowest BCUT2D eigenvalue weighted by Crippen LogP contribution is -2.21. The summed E-state index contributed by atoms with van der Waals surface area (Å²) in [7, 11) is 0. The molecule has 0 amide bonds. The molecule has 1 atom stereocenters. The van der Waals surface area contributed by atoms with Gasteiger partial charge in [-0.15, -0.1) is 0 Å². The number of benzene rings is 1. The monoisotopic (exact) mass is 339 g/mol. The Morgan fingerprint density at radius 1 is 1.08 bits per heavy atom. The number of hydrogen-bond donors (Lipinski definition) is 3. The van der Waals surface area contributed by atoms with Gasteiger partial charge in [-0.1, -0.05) is 6.07 Å². The number of aliphatic hydroxyl groups is 1. The summed E-state index contributed by atoms with van der Waals surface area (Å²) in [6.45, 7) is 1.78. The Bertz CT molecular complexity index is 827. The van der Waals surface area contributed by atoms with E-state index in [2.05, 4.69) is 25.6 Å². The fourth-order valence-corrected chi connectivity index (χ4v) is 2.17. The number of aromatic nitrogens is 3. The molecule has 3 rings (SSSR count). The van der Waals surface area contributed by atoms with E-state index in [-0.39, 0.29) is 18.5 Å². The van der Waals surface area contributed by atoms with Crippen LogP contribution in [0.5, 0.6) is 0 Å². The van der Waals surface area contributed by atoms with Crippen LogP contribution in [0.25, 0.3) is 11.4 Å². The molecule has 0 radical (unpaired) electrons. The van der Waals surface area contributed by atoms with Gasteiger partial charge in [-0.25, -0.2) is 9.37 Å². The summed E-state index contributed by atoms with van der Waals surface area (Å²) in [5.41, 5.74) is 2.04. The summed E-state index contributed by atoms with van der Waals surface area (Å²) >= 11 is 0. The lowest BCUT2D eigenvalue weighted by atomic mass is 10.2. The van der Waals surface area contributed by atoms with Gasteiger partial charge in [0.15, 0.2) is 0 Å². The summed E-state index contributed by atoms with van der Waals surface area (Å²) in [5, 5.41) is 15.4. The molecule has 0 saturated carbocycles. The van der Waals surface area contributed by atoms with E-state index in [4.69, 9.17) is 0 Å². The summed E-state index contributed by atoms with van der Waals surface area (Å²) < 4.78 is 13.1. The molecule has 0 unspecified atom stereocenters. The predicted molar refractivity (Wildman–Crippen MR) is 95.1 cm³/mol. The third-order valence-electron chi connectivity index (χ3n) is 3.42. The van der Waals surface area contributed by atoms with Crippen molar-refractivity contribution in [3.8, 4) is 11.4 Å². The van der Waals surface area contributed by atoms with E-state index in [1.165, 1.54) is 12.1 Å². The number of anilines is 3. The van der Waals surface area contributed by atoms with Crippen LogP contribution in [-0.4, -0.2) is 32.7 Å². The van der Waals surface area contributed by atoms with Crippen LogP contribution < -0.4 is 10.6 Å². The number of hydrogen-bond acceptors (Lipinski definition) is 6. The number of nitrogens with zero attached hydrogens (tertiary/aromatic N) is 3. The van der Waals surface area contributed by atoms with Crippen LogP contribution in [0.15, 0.2) is 54.7 Å². The summed E-state index contributed by atoms with van der Waals surface area (Å²) in [5.74, 6) is 0.603. The van der Waals surface area contributed by atoms with Crippen molar-refractivity contribution < 1.29 is 9.50 Å². The molecule has 6 nitrogen and oxygen atoms in total. The van der Waals surface area contributed by atoms with Gasteiger partial charge in [0.2, 0.25) is 5.95 Å². The topological polar surface area (TPSA) is 83.0 Å². The second-order valence-electron chi connectivity index (χ2n) is 5.54. The molecular formula is C18H18FN5O. The van der Waals surface area contributed by atoms with Crippen LogP contribution in [0, 0.1) is 5.82 Å². The highest BCUT2D eigenvalue weighted by atomic mass is 19.1. The van der Waals surface area contributed by atoms with E-state index in [1.54, 1.807) is 24.4 Å². The van der Waals surface area contributed by atoms with Crippen molar-refractivity contribution in [3.63, 3.8) is 0 Å². The van der Waals surface area contributed by atoms with E-state index >= 15 is 0 Å². The third kappa shape index (κ3) is 4.48. The minimum atomic E-state index is -0.304. The first-order valence-electron chi connectivity index (χ1n) is 7.84. The molecule has 0 aliphatic rings. The maximum absolute atomic E-state index is 13.1. The molecule has 0 spiro atoms. The normalized spacial score (nSPS) is 11.8. The maximum Gasteiger partial charge on any atom is 0.225 e. The Balaban J connectivity index is 1.95. The molecule has 0 aliphatic heterocycles. The number of rotatable bonds is 6. The van der Waals surface area contributed by atoms with Crippen molar-refractivity contribution >= 4 is 17.5 Å². The average molecular weight is 339 g/mol. The van der Waals surface area contributed by atoms with Crippen molar-refractivity contribution in [2.45, 2.75) is 13.0 Å². The van der Waals surface area contributed by atoms with Crippen molar-refractivity contribution in [2.24, 2.45) is 0 Å². The highest BCUT2D eigenvalue weighted by Crippen LogP contribution is 2.22. The van der Waals surface area contributed by atoms with Crippen LogP contribution in [0.4, 0.5) is 21.8 Å². The quantitative estimate of drug-likeness (QED) is 0.640. The Hall–Kier alpha value is -3.06. The molecule has 0 bridgehead atoms. The van der Waals surface area contributed by atoms with Crippen LogP contribution >= 0.6 is 0 Å². The molecule has 0 saturated heterocycles. The average Bonchev–Trinajstić information content (AvgIpc) is 2.64. The second kappa shape index (κ2) is 7.67. The van der Waals surface area contributed by atoms with Crippen molar-refractivity contribution in [1.82, 2.24) is 15.0 Å². The fraction of sp³-hybridized carbons (Fsp3) is 0.167. The number of pyridine rings is 1. The van der Waals surface area contributed by atoms with E-state index in [0.29, 0.717) is 28.8 Å². The van der Waals surface area contributed by atoms with Gasteiger partial charge < -0.3 is 15.7 Å². The van der Waals surface area contributed by atoms with E-state index in [0.717, 1.165) is 0 Å². The van der Waals surface area contributed by atoms with Crippen LogP contribution in [-0.2, 0) is 0 Å². The molecule has 2 heterocycles. The van der Waals surface area contributed by atoms with Crippen LogP contribution in [0.2, 0.25) is 0 Å². The summed E-state index contributed by atoms with van der Waals surface area (Å²) in [4.78, 5) is 13.2.